The van der Waals surface area contributed by atoms with Crippen molar-refractivity contribution in [2.24, 2.45) is 18.4 Å². The predicted molar refractivity (Wildman–Crippen MR) is 253 cm³/mol. The first-order valence-corrected chi connectivity index (χ1v) is 24.6. The van der Waals surface area contributed by atoms with E-state index in [2.05, 4.69) is 30.6 Å². The molecule has 3 aromatic heterocycles. The molecule has 12 rings (SSSR count). The zero-order valence-corrected chi connectivity index (χ0v) is 39.0. The van der Waals surface area contributed by atoms with Crippen molar-refractivity contribution in [2.45, 2.75) is 75.9 Å². The predicted octanol–water partition coefficient (Wildman–Crippen LogP) is 7.02. The molecule has 1 spiro atoms. The molecule has 6 aliphatic rings. The van der Waals surface area contributed by atoms with Crippen molar-refractivity contribution in [3.63, 3.8) is 0 Å². The number of amides is 6. The van der Waals surface area contributed by atoms with E-state index in [9.17, 15) is 24.0 Å². The molecule has 6 amide bonds. The summed E-state index contributed by atoms with van der Waals surface area (Å²) in [5.74, 6) is -5.79. The summed E-state index contributed by atoms with van der Waals surface area (Å²) >= 11 is 1.26. The van der Waals surface area contributed by atoms with Gasteiger partial charge in [0, 0.05) is 97.5 Å². The lowest BCUT2D eigenvalue weighted by Gasteiger charge is -2.60. The Labute approximate surface area is 403 Å². The van der Waals surface area contributed by atoms with Crippen LogP contribution in [0, 0.1) is 17.2 Å². The molecular weight excluding hydrogens is 924 g/mol. The van der Waals surface area contributed by atoms with E-state index >= 15 is 13.2 Å². The van der Waals surface area contributed by atoms with Gasteiger partial charge >= 0.3 is 6.03 Å². The van der Waals surface area contributed by atoms with E-state index in [-0.39, 0.29) is 73.2 Å². The number of hydrogen-bond donors (Lipinski definition) is 2. The molecule has 4 fully saturated rings. The summed E-state index contributed by atoms with van der Waals surface area (Å²) in [5, 5.41) is 12.4. The molecule has 6 aromatic rings. The van der Waals surface area contributed by atoms with Crippen molar-refractivity contribution >= 4 is 68.5 Å². The molecule has 3 saturated heterocycles. The third-order valence-corrected chi connectivity index (χ3v) is 16.0. The van der Waals surface area contributed by atoms with Gasteiger partial charge in [0.25, 0.3) is 17.7 Å². The Morgan fingerprint density at radius 2 is 1.77 bits per heavy atom. The zero-order valence-electron chi connectivity index (χ0n) is 38.2. The smallest absolute Gasteiger partial charge is 0.329 e. The van der Waals surface area contributed by atoms with Gasteiger partial charge in [-0.3, -0.25) is 39.4 Å². The Morgan fingerprint density at radius 1 is 0.957 bits per heavy atom. The third kappa shape index (κ3) is 7.48. The number of aromatic nitrogens is 5. The second-order valence-electron chi connectivity index (χ2n) is 19.8. The first-order chi connectivity index (χ1) is 33.7. The Balaban J connectivity index is 0.650. The van der Waals surface area contributed by atoms with Crippen LogP contribution in [0.1, 0.15) is 83.4 Å². The molecule has 2 atom stereocenters. The quantitative estimate of drug-likeness (QED) is 0.147. The molecule has 0 radical (unpaired) electrons. The van der Waals surface area contributed by atoms with E-state index in [0.717, 1.165) is 62.3 Å². The molecule has 2 unspecified atom stereocenters. The number of hydrogen-bond acceptors (Lipinski definition) is 10. The van der Waals surface area contributed by atoms with Gasteiger partial charge in [-0.2, -0.15) is 5.10 Å². The first kappa shape index (κ1) is 44.1. The van der Waals surface area contributed by atoms with Gasteiger partial charge in [-0.05, 0) is 91.1 Å². The van der Waals surface area contributed by atoms with Crippen molar-refractivity contribution in [1.29, 1.82) is 0 Å². The highest BCUT2D eigenvalue weighted by Crippen LogP contribution is 2.54. The summed E-state index contributed by atoms with van der Waals surface area (Å²) in [5.41, 5.74) is 5.22. The minimum atomic E-state index is -3.15. The number of aryl methyl sites for hydroxylation is 2. The minimum absolute atomic E-state index is 0.0706. The van der Waals surface area contributed by atoms with E-state index in [1.165, 1.54) is 32.1 Å². The van der Waals surface area contributed by atoms with Crippen LogP contribution in [0.3, 0.4) is 0 Å². The van der Waals surface area contributed by atoms with Crippen LogP contribution in [0.15, 0.2) is 72.5 Å². The fraction of sp³-hybridized carbons (Fsp3) is 0.400. The summed E-state index contributed by atoms with van der Waals surface area (Å²) in [6, 6.07) is 14.3. The monoisotopic (exact) mass is 971 g/mol. The zero-order chi connectivity index (χ0) is 48.2. The number of urea groups is 1. The van der Waals surface area contributed by atoms with Crippen molar-refractivity contribution < 1.29 is 37.1 Å². The van der Waals surface area contributed by atoms with Gasteiger partial charge in [-0.25, -0.2) is 27.9 Å². The van der Waals surface area contributed by atoms with E-state index in [0.29, 0.717) is 38.7 Å². The van der Waals surface area contributed by atoms with Crippen LogP contribution in [0.2, 0.25) is 0 Å². The number of imidazole rings is 1. The average molecular weight is 972 g/mol. The highest BCUT2D eigenvalue weighted by Gasteiger charge is 2.54. The molecule has 8 heterocycles. The number of nitrogens with zero attached hydrogens (tertiary/aromatic N) is 9. The normalized spacial score (nSPS) is 20.9. The van der Waals surface area contributed by atoms with Crippen LogP contribution in [0.25, 0.3) is 22.0 Å². The van der Waals surface area contributed by atoms with Crippen LogP contribution in [0.4, 0.5) is 34.6 Å². The van der Waals surface area contributed by atoms with Crippen molar-refractivity contribution in [2.75, 3.05) is 47.8 Å². The summed E-state index contributed by atoms with van der Waals surface area (Å²) in [7, 11) is 1.69. The topological polar surface area (TPSA) is 171 Å². The lowest BCUT2D eigenvalue weighted by Crippen LogP contribution is -2.63. The number of fused-ring (bicyclic) bond motifs is 3. The van der Waals surface area contributed by atoms with E-state index in [1.807, 2.05) is 28.8 Å². The van der Waals surface area contributed by atoms with Crippen LogP contribution in [-0.4, -0.2) is 102 Å². The number of alkyl halides is 2. The third-order valence-electron chi connectivity index (χ3n) is 15.3. The van der Waals surface area contributed by atoms with Gasteiger partial charge in [0.2, 0.25) is 11.8 Å². The molecule has 1 aliphatic carbocycles. The number of likely N-dealkylation sites (tertiary alicyclic amines) is 1. The number of thiazole rings is 1. The number of piperidine rings is 1. The summed E-state index contributed by atoms with van der Waals surface area (Å²) < 4.78 is 51.3. The highest BCUT2D eigenvalue weighted by molar-refractivity contribution is 7.13. The Hall–Kier alpha value is -7.09. The summed E-state index contributed by atoms with van der Waals surface area (Å²) in [4.78, 5) is 80.8. The SMILES string of the molecule is Cn1nc(N2CCC(=O)NC2=O)c2ccc(C3CCN(C(=O)CC4CC5(C4)CN(c4ccc(-c6cc(F)c7c(c6)C(=O)N(C(C(=O)Nc6nccs6)c6ncn8c6CCC8)C7)cc4)C5)CC3(F)F)cc21. The van der Waals surface area contributed by atoms with Crippen LogP contribution >= 0.6 is 11.3 Å². The number of anilines is 3. The molecule has 1 saturated carbocycles. The average Bonchev–Trinajstić information content (AvgIpc) is 4.17. The lowest BCUT2D eigenvalue weighted by molar-refractivity contribution is -0.147. The molecule has 0 bridgehead atoms. The lowest BCUT2D eigenvalue weighted by atomic mass is 9.57. The van der Waals surface area contributed by atoms with Gasteiger partial charge in [0.15, 0.2) is 17.0 Å². The van der Waals surface area contributed by atoms with Gasteiger partial charge < -0.3 is 19.3 Å². The van der Waals surface area contributed by atoms with Gasteiger partial charge in [-0.15, -0.1) is 11.3 Å². The van der Waals surface area contributed by atoms with Crippen LogP contribution < -0.4 is 20.4 Å². The number of carbonyl (C=O) groups is 5. The standard InChI is InChI=1S/C50H48F3N11O5S/c1-59-39-20-30(6-9-33(39)44(58-59)63-15-11-40(65)56-48(63)69)36-10-14-60(26-50(36,52)53)41(66)17-28-21-49(22-28)24-62(25-49)32-7-4-29(5-8-32)31-18-34-35(37(51)19-31)23-64(46(34)68)43(45(67)57-47-54-12-16-70-47)42-38-3-2-13-61(38)27-55-42/h4-9,12,16,18-20,27-28,36,43H,2-3,10-11,13-15,17,21-26H2,1H3,(H,54,57,67)(H,56,65,69). The van der Waals surface area contributed by atoms with E-state index in [4.69, 9.17) is 0 Å². The number of halogens is 3. The maximum atomic E-state index is 16.0. The Morgan fingerprint density at radius 3 is 2.53 bits per heavy atom. The highest BCUT2D eigenvalue weighted by atomic mass is 32.1. The Kier molecular flexibility index (Phi) is 10.4. The second kappa shape index (κ2) is 16.5. The second-order valence-corrected chi connectivity index (χ2v) is 20.7. The molecule has 360 valence electrons. The maximum Gasteiger partial charge on any atom is 0.329 e. The molecule has 16 nitrogen and oxygen atoms in total. The van der Waals surface area contributed by atoms with Crippen LogP contribution in [0.5, 0.6) is 0 Å². The van der Waals surface area contributed by atoms with Crippen molar-refractivity contribution in [1.82, 2.24) is 39.4 Å². The summed E-state index contributed by atoms with van der Waals surface area (Å²) in [6.45, 7) is 2.07. The molecule has 5 aliphatic heterocycles. The van der Waals surface area contributed by atoms with Crippen molar-refractivity contribution in [3.8, 4) is 11.1 Å². The van der Waals surface area contributed by atoms with Gasteiger partial charge in [0.1, 0.15) is 5.82 Å². The fourth-order valence-corrected chi connectivity index (χ4v) is 12.5. The fourth-order valence-electron chi connectivity index (χ4n) is 11.9. The molecular formula is C50H48F3N11O5S. The number of rotatable bonds is 10. The number of carbonyl (C=O) groups excluding carboxylic acids is 5. The number of benzene rings is 3. The number of nitrogens with one attached hydrogen (secondary N) is 2. The van der Waals surface area contributed by atoms with E-state index < -0.39 is 48.1 Å². The molecule has 20 heteroatoms. The first-order valence-electron chi connectivity index (χ1n) is 23.7. The molecule has 70 heavy (non-hydrogen) atoms. The van der Waals surface area contributed by atoms with Gasteiger partial charge in [-0.1, -0.05) is 18.2 Å². The number of imide groups is 1. The van der Waals surface area contributed by atoms with Gasteiger partial charge in [0.05, 0.1) is 36.5 Å². The van der Waals surface area contributed by atoms with E-state index in [1.54, 1.807) is 53.9 Å². The Bertz CT molecular complexity index is 3140. The van der Waals surface area contributed by atoms with Crippen LogP contribution in [-0.2, 0) is 40.9 Å². The molecule has 2 N–H and O–H groups in total. The maximum absolute atomic E-state index is 16.0. The largest absolute Gasteiger partial charge is 0.370 e. The summed E-state index contributed by atoms with van der Waals surface area (Å²) in [6.07, 6.45) is 7.07. The van der Waals surface area contributed by atoms with Crippen molar-refractivity contribution in [3.05, 3.63) is 106 Å². The molecule has 3 aromatic carbocycles. The minimum Gasteiger partial charge on any atom is -0.370 e.